The molecular weight excluding hydrogens is 245 g/mol. The molecule has 1 aromatic carbocycles. The Morgan fingerprint density at radius 2 is 1.59 bits per heavy atom. The van der Waals surface area contributed by atoms with Gasteiger partial charge >= 0.3 is 6.36 Å². The van der Waals surface area contributed by atoms with Crippen molar-refractivity contribution in [2.75, 3.05) is 5.73 Å². The molecule has 0 aliphatic carbocycles. The molecule has 0 saturated heterocycles. The van der Waals surface area contributed by atoms with E-state index in [4.69, 9.17) is 5.73 Å². The fourth-order valence-corrected chi connectivity index (χ4v) is 1.00. The quantitative estimate of drug-likeness (QED) is 0.613. The molecule has 0 fully saturated rings. The number of aryl methyl sites for hydroxylation is 1. The number of benzene rings is 1. The molecule has 0 spiro atoms. The zero-order valence-corrected chi connectivity index (χ0v) is 9.45. The monoisotopic (exact) mass is 257 g/mol. The third kappa shape index (κ3) is 4.08. The molecule has 1 aromatic rings. The van der Waals surface area contributed by atoms with E-state index in [0.29, 0.717) is 0 Å². The maximum atomic E-state index is 13.0. The summed E-state index contributed by atoms with van der Waals surface area (Å²) in [5, 5.41) is 0. The van der Waals surface area contributed by atoms with Gasteiger partial charge in [-0.05, 0) is 18.6 Å². The third-order valence-corrected chi connectivity index (χ3v) is 1.59. The zero-order valence-electron chi connectivity index (χ0n) is 9.45. The van der Waals surface area contributed by atoms with Crippen molar-refractivity contribution in [3.63, 3.8) is 0 Å². The van der Waals surface area contributed by atoms with Crippen LogP contribution in [-0.4, -0.2) is 6.36 Å². The number of hydrogen-bond donors (Lipinski definition) is 1. The molecule has 0 radical (unpaired) electrons. The van der Waals surface area contributed by atoms with Gasteiger partial charge in [0.2, 0.25) is 5.82 Å². The summed E-state index contributed by atoms with van der Waals surface area (Å²) in [6.07, 6.45) is -5.08. The highest BCUT2D eigenvalue weighted by Gasteiger charge is 2.34. The lowest BCUT2D eigenvalue weighted by atomic mass is 10.2. The van der Waals surface area contributed by atoms with Gasteiger partial charge in [0.1, 0.15) is 0 Å². The summed E-state index contributed by atoms with van der Waals surface area (Å²) >= 11 is 0. The van der Waals surface area contributed by atoms with Crippen LogP contribution in [0.2, 0.25) is 0 Å². The number of nitrogens with two attached hydrogens (primary N) is 1. The first-order valence-electron chi connectivity index (χ1n) is 4.72. The van der Waals surface area contributed by atoms with Crippen LogP contribution >= 0.6 is 0 Å². The highest BCUT2D eigenvalue weighted by atomic mass is 19.4. The first-order valence-corrected chi connectivity index (χ1v) is 4.72. The van der Waals surface area contributed by atoms with Crippen molar-refractivity contribution in [1.82, 2.24) is 0 Å². The molecule has 98 valence electrons. The molecule has 0 saturated carbocycles. The van der Waals surface area contributed by atoms with Crippen molar-refractivity contribution < 1.29 is 26.7 Å². The van der Waals surface area contributed by atoms with Crippen molar-refractivity contribution in [3.8, 4) is 5.75 Å². The van der Waals surface area contributed by atoms with Gasteiger partial charge in [0.15, 0.2) is 11.6 Å². The van der Waals surface area contributed by atoms with Gasteiger partial charge in [0, 0.05) is 0 Å². The van der Waals surface area contributed by atoms with Gasteiger partial charge in [-0.3, -0.25) is 0 Å². The minimum atomic E-state index is -5.08. The summed E-state index contributed by atoms with van der Waals surface area (Å²) in [4.78, 5) is 0. The fraction of sp³-hybridized carbons (Fsp3) is 0.400. The summed E-state index contributed by atoms with van der Waals surface area (Å²) in [7, 11) is 0. The Morgan fingerprint density at radius 1 is 1.12 bits per heavy atom. The second-order valence-electron chi connectivity index (χ2n) is 2.79. The lowest BCUT2D eigenvalue weighted by Crippen LogP contribution is -2.19. The van der Waals surface area contributed by atoms with Gasteiger partial charge in [-0.15, -0.1) is 13.2 Å². The highest BCUT2D eigenvalue weighted by Crippen LogP contribution is 2.32. The zero-order chi connectivity index (χ0) is 13.8. The number of anilines is 1. The van der Waals surface area contributed by atoms with E-state index in [2.05, 4.69) is 4.74 Å². The van der Waals surface area contributed by atoms with Gasteiger partial charge in [-0.1, -0.05) is 13.8 Å². The van der Waals surface area contributed by atoms with E-state index >= 15 is 0 Å². The van der Waals surface area contributed by atoms with Crippen LogP contribution in [0, 0.1) is 18.6 Å². The molecule has 0 atom stereocenters. The lowest BCUT2D eigenvalue weighted by molar-refractivity contribution is -0.275. The molecular formula is C10H12F5NO. The summed E-state index contributed by atoms with van der Waals surface area (Å²) < 4.78 is 64.5. The predicted octanol–water partition coefficient (Wildman–Crippen LogP) is 3.78. The van der Waals surface area contributed by atoms with Crippen LogP contribution < -0.4 is 10.5 Å². The van der Waals surface area contributed by atoms with Crippen molar-refractivity contribution in [3.05, 3.63) is 23.3 Å². The first-order chi connectivity index (χ1) is 7.72. The van der Waals surface area contributed by atoms with Crippen LogP contribution in [0.15, 0.2) is 6.07 Å². The highest BCUT2D eigenvalue weighted by molar-refractivity contribution is 5.49. The summed E-state index contributed by atoms with van der Waals surface area (Å²) in [5.41, 5.74) is 4.20. The van der Waals surface area contributed by atoms with E-state index in [1.807, 2.05) is 13.8 Å². The Balaban J connectivity index is 0.00000121. The summed E-state index contributed by atoms with van der Waals surface area (Å²) in [6.45, 7) is 5.12. The van der Waals surface area contributed by atoms with Crippen LogP contribution in [-0.2, 0) is 0 Å². The van der Waals surface area contributed by atoms with Crippen molar-refractivity contribution in [1.29, 1.82) is 0 Å². The summed E-state index contributed by atoms with van der Waals surface area (Å²) in [5.74, 6) is -4.50. The average Bonchev–Trinajstić information content (AvgIpc) is 2.23. The largest absolute Gasteiger partial charge is 0.573 e. The Bertz CT molecular complexity index is 389. The Hall–Kier alpha value is -1.53. The maximum absolute atomic E-state index is 13.0. The molecule has 0 aromatic heterocycles. The third-order valence-electron chi connectivity index (χ3n) is 1.59. The van der Waals surface area contributed by atoms with Gasteiger partial charge in [-0.25, -0.2) is 4.39 Å². The minimum absolute atomic E-state index is 0.233. The van der Waals surface area contributed by atoms with Gasteiger partial charge in [0.05, 0.1) is 5.69 Å². The number of hydrogen-bond acceptors (Lipinski definition) is 2. The molecule has 17 heavy (non-hydrogen) atoms. The molecule has 0 aliphatic heterocycles. The number of halogens is 5. The minimum Gasteiger partial charge on any atom is -0.402 e. The Morgan fingerprint density at radius 3 is 2.00 bits per heavy atom. The van der Waals surface area contributed by atoms with E-state index in [0.717, 1.165) is 13.0 Å². The smallest absolute Gasteiger partial charge is 0.402 e. The van der Waals surface area contributed by atoms with Crippen LogP contribution in [0.5, 0.6) is 5.75 Å². The molecule has 0 amide bonds. The number of ether oxygens (including phenoxy) is 1. The SMILES string of the molecule is CC.Cc1cc(N)c(F)c(F)c1OC(F)(F)F. The number of alkyl halides is 3. The van der Waals surface area contributed by atoms with E-state index in [1.54, 1.807) is 0 Å². The number of rotatable bonds is 1. The topological polar surface area (TPSA) is 35.2 Å². The van der Waals surface area contributed by atoms with Gasteiger partial charge in [0.25, 0.3) is 0 Å². The van der Waals surface area contributed by atoms with Crippen molar-refractivity contribution in [2.24, 2.45) is 0 Å². The molecule has 7 heteroatoms. The van der Waals surface area contributed by atoms with Crippen LogP contribution in [0.3, 0.4) is 0 Å². The molecule has 0 unspecified atom stereocenters. The first kappa shape index (κ1) is 15.5. The molecule has 0 aliphatic rings. The Labute approximate surface area is 95.2 Å². The normalized spacial score (nSPS) is 10.6. The van der Waals surface area contributed by atoms with Crippen LogP contribution in [0.4, 0.5) is 27.6 Å². The van der Waals surface area contributed by atoms with Crippen LogP contribution in [0.25, 0.3) is 0 Å². The molecule has 2 N–H and O–H groups in total. The van der Waals surface area contributed by atoms with Gasteiger partial charge < -0.3 is 10.5 Å². The lowest BCUT2D eigenvalue weighted by Gasteiger charge is -2.13. The fourth-order valence-electron chi connectivity index (χ4n) is 1.00. The molecule has 1 rings (SSSR count). The standard InChI is InChI=1S/C8H6F5NO.C2H6/c1-3-2-4(14)5(9)6(10)7(3)15-8(11,12)13;1-2/h2H,14H2,1H3;1-2H3. The van der Waals surface area contributed by atoms with Crippen molar-refractivity contribution >= 4 is 5.69 Å². The predicted molar refractivity (Wildman–Crippen MR) is 53.5 cm³/mol. The van der Waals surface area contributed by atoms with E-state index < -0.39 is 29.4 Å². The average molecular weight is 257 g/mol. The molecule has 2 nitrogen and oxygen atoms in total. The summed E-state index contributed by atoms with van der Waals surface area (Å²) in [6, 6.07) is 0.861. The van der Waals surface area contributed by atoms with E-state index in [9.17, 15) is 22.0 Å². The molecule has 0 heterocycles. The second-order valence-corrected chi connectivity index (χ2v) is 2.79. The Kier molecular flexibility index (Phi) is 5.18. The maximum Gasteiger partial charge on any atom is 0.573 e. The van der Waals surface area contributed by atoms with E-state index in [1.165, 1.54) is 0 Å². The van der Waals surface area contributed by atoms with E-state index in [-0.39, 0.29) is 5.56 Å². The number of nitrogen functional groups attached to an aromatic ring is 1. The van der Waals surface area contributed by atoms with Gasteiger partial charge in [-0.2, -0.15) is 4.39 Å². The van der Waals surface area contributed by atoms with Crippen LogP contribution in [0.1, 0.15) is 19.4 Å². The van der Waals surface area contributed by atoms with Crippen molar-refractivity contribution in [2.45, 2.75) is 27.1 Å². The molecule has 0 bridgehead atoms. The second kappa shape index (κ2) is 5.70.